The Morgan fingerprint density at radius 2 is 1.97 bits per heavy atom. The van der Waals surface area contributed by atoms with Crippen LogP contribution in [0.1, 0.15) is 20.8 Å². The summed E-state index contributed by atoms with van der Waals surface area (Å²) in [5, 5.41) is 2.35. The van der Waals surface area contributed by atoms with Crippen LogP contribution in [0.15, 0.2) is 70.6 Å². The summed E-state index contributed by atoms with van der Waals surface area (Å²) in [6, 6.07) is 10.3. The summed E-state index contributed by atoms with van der Waals surface area (Å²) < 4.78 is 41.1. The third kappa shape index (κ3) is 5.73. The number of nitrogens with zero attached hydrogens (tertiary/aromatic N) is 3. The van der Waals surface area contributed by atoms with Gasteiger partial charge in [-0.1, -0.05) is 29.5 Å². The molecule has 36 heavy (non-hydrogen) atoms. The van der Waals surface area contributed by atoms with Gasteiger partial charge in [-0.3, -0.25) is 19.0 Å². The summed E-state index contributed by atoms with van der Waals surface area (Å²) in [6.07, 6.45) is 1.15. The van der Waals surface area contributed by atoms with E-state index in [1.807, 2.05) is 0 Å². The number of halogens is 4. The van der Waals surface area contributed by atoms with E-state index in [9.17, 15) is 27.6 Å². The standard InChI is InChI=1S/C24H14ClF3N4O3S/c25-22-15(5-4-14-6-8-32(21(33)9-14)20-3-1-2-7-29-20)10-18(36-22)23(34)30-16-11-17(26)24(35)31(12-16)13-19(27)28/h1-3,6-12,19H,13H2,(H,30,34). The minimum absolute atomic E-state index is 0.113. The lowest BCUT2D eigenvalue weighted by atomic mass is 10.2. The molecular weight excluding hydrogens is 517 g/mol. The number of hydrogen-bond acceptors (Lipinski definition) is 5. The zero-order chi connectivity index (χ0) is 25.8. The second kappa shape index (κ2) is 10.6. The summed E-state index contributed by atoms with van der Waals surface area (Å²) in [5.41, 5.74) is -1.01. The summed E-state index contributed by atoms with van der Waals surface area (Å²) in [4.78, 5) is 40.9. The Morgan fingerprint density at radius 3 is 2.67 bits per heavy atom. The van der Waals surface area contributed by atoms with Crippen molar-refractivity contribution in [1.29, 1.82) is 0 Å². The van der Waals surface area contributed by atoms with Crippen molar-refractivity contribution in [3.05, 3.63) is 108 Å². The number of thiophene rings is 1. The normalized spacial score (nSPS) is 10.7. The first-order valence-corrected chi connectivity index (χ1v) is 11.4. The number of alkyl halides is 2. The Hall–Kier alpha value is -4.14. The number of carbonyl (C=O) groups excluding carboxylic acids is 1. The number of carbonyl (C=O) groups is 1. The molecule has 0 spiro atoms. The van der Waals surface area contributed by atoms with E-state index < -0.39 is 30.3 Å². The van der Waals surface area contributed by atoms with Gasteiger partial charge in [-0.25, -0.2) is 18.2 Å². The zero-order valence-corrected chi connectivity index (χ0v) is 19.6. The predicted octanol–water partition coefficient (Wildman–Crippen LogP) is 4.17. The van der Waals surface area contributed by atoms with E-state index in [1.165, 1.54) is 22.9 Å². The Morgan fingerprint density at radius 1 is 1.17 bits per heavy atom. The molecule has 0 saturated carbocycles. The van der Waals surface area contributed by atoms with Crippen LogP contribution in [0.3, 0.4) is 0 Å². The van der Waals surface area contributed by atoms with Crippen LogP contribution in [0.2, 0.25) is 4.34 Å². The average Bonchev–Trinajstić information content (AvgIpc) is 3.22. The van der Waals surface area contributed by atoms with Crippen LogP contribution >= 0.6 is 22.9 Å². The molecular formula is C24H14ClF3N4O3S. The second-order valence-electron chi connectivity index (χ2n) is 7.24. The highest BCUT2D eigenvalue weighted by molar-refractivity contribution is 7.18. The van der Waals surface area contributed by atoms with Gasteiger partial charge < -0.3 is 9.88 Å². The van der Waals surface area contributed by atoms with Gasteiger partial charge in [-0.2, -0.15) is 0 Å². The number of hydrogen-bond donors (Lipinski definition) is 1. The maximum absolute atomic E-state index is 13.8. The van der Waals surface area contributed by atoms with E-state index >= 15 is 0 Å². The molecule has 0 atom stereocenters. The SMILES string of the molecule is O=C(Nc1cc(F)c(=O)n(CC(F)F)c1)c1cc(C#Cc2ccn(-c3ccccn3)c(=O)c2)c(Cl)s1. The van der Waals surface area contributed by atoms with E-state index in [0.29, 0.717) is 21.5 Å². The quantitative estimate of drug-likeness (QED) is 0.393. The van der Waals surface area contributed by atoms with Crippen molar-refractivity contribution >= 4 is 34.5 Å². The van der Waals surface area contributed by atoms with Crippen LogP contribution in [-0.2, 0) is 6.54 Å². The average molecular weight is 531 g/mol. The minimum atomic E-state index is -2.88. The molecule has 4 rings (SSSR count). The molecule has 0 aliphatic heterocycles. The molecule has 4 aromatic rings. The number of anilines is 1. The van der Waals surface area contributed by atoms with Gasteiger partial charge >= 0.3 is 0 Å². The van der Waals surface area contributed by atoms with Crippen molar-refractivity contribution < 1.29 is 18.0 Å². The van der Waals surface area contributed by atoms with Crippen LogP contribution in [-0.4, -0.2) is 26.5 Å². The molecule has 4 aromatic heterocycles. The van der Waals surface area contributed by atoms with Crippen molar-refractivity contribution in [2.75, 3.05) is 5.32 Å². The molecule has 0 bridgehead atoms. The Kier molecular flexibility index (Phi) is 7.38. The molecule has 7 nitrogen and oxygen atoms in total. The molecule has 0 unspecified atom stereocenters. The minimum Gasteiger partial charge on any atom is -0.320 e. The third-order valence-corrected chi connectivity index (χ3v) is 6.06. The molecule has 12 heteroatoms. The van der Waals surface area contributed by atoms with Gasteiger partial charge in [0.2, 0.25) is 0 Å². The molecule has 0 aliphatic carbocycles. The number of rotatable bonds is 5. The molecule has 0 fully saturated rings. The van der Waals surface area contributed by atoms with Crippen LogP contribution in [0, 0.1) is 17.7 Å². The van der Waals surface area contributed by atoms with Gasteiger partial charge in [0.05, 0.1) is 22.7 Å². The summed E-state index contributed by atoms with van der Waals surface area (Å²) in [6.45, 7) is -1.02. The third-order valence-electron chi connectivity index (χ3n) is 4.70. The monoisotopic (exact) mass is 530 g/mol. The smallest absolute Gasteiger partial charge is 0.286 e. The topological polar surface area (TPSA) is 86.0 Å². The number of amides is 1. The van der Waals surface area contributed by atoms with Gasteiger partial charge in [0.25, 0.3) is 23.5 Å². The largest absolute Gasteiger partial charge is 0.320 e. The fourth-order valence-corrected chi connectivity index (χ4v) is 4.18. The summed E-state index contributed by atoms with van der Waals surface area (Å²) in [5.74, 6) is 4.09. The van der Waals surface area contributed by atoms with Gasteiger partial charge in [0.1, 0.15) is 10.2 Å². The fourth-order valence-electron chi connectivity index (χ4n) is 3.09. The van der Waals surface area contributed by atoms with E-state index in [4.69, 9.17) is 11.6 Å². The Labute approximate surface area is 210 Å². The van der Waals surface area contributed by atoms with E-state index in [-0.39, 0.29) is 20.5 Å². The Balaban J connectivity index is 1.53. The Bertz CT molecular complexity index is 1620. The molecule has 0 saturated heterocycles. The highest BCUT2D eigenvalue weighted by atomic mass is 35.5. The fraction of sp³-hybridized carbons (Fsp3) is 0.0833. The summed E-state index contributed by atoms with van der Waals surface area (Å²) >= 11 is 7.09. The maximum Gasteiger partial charge on any atom is 0.286 e. The van der Waals surface area contributed by atoms with Crippen molar-refractivity contribution in [2.24, 2.45) is 0 Å². The van der Waals surface area contributed by atoms with Crippen molar-refractivity contribution in [1.82, 2.24) is 14.1 Å². The van der Waals surface area contributed by atoms with E-state index in [0.717, 1.165) is 23.6 Å². The van der Waals surface area contributed by atoms with Gasteiger partial charge in [0, 0.05) is 36.3 Å². The molecule has 4 heterocycles. The van der Waals surface area contributed by atoms with Gasteiger partial charge in [0.15, 0.2) is 5.82 Å². The lowest BCUT2D eigenvalue weighted by Gasteiger charge is -2.09. The van der Waals surface area contributed by atoms with Gasteiger partial charge in [-0.15, -0.1) is 11.3 Å². The summed E-state index contributed by atoms with van der Waals surface area (Å²) in [7, 11) is 0. The van der Waals surface area contributed by atoms with Gasteiger partial charge in [-0.05, 0) is 24.3 Å². The highest BCUT2D eigenvalue weighted by Crippen LogP contribution is 2.28. The number of aromatic nitrogens is 3. The van der Waals surface area contributed by atoms with E-state index in [1.54, 1.807) is 30.5 Å². The maximum atomic E-state index is 13.8. The molecule has 1 N–H and O–H groups in total. The molecule has 1 amide bonds. The van der Waals surface area contributed by atoms with E-state index in [2.05, 4.69) is 22.1 Å². The second-order valence-corrected chi connectivity index (χ2v) is 8.89. The number of nitrogens with one attached hydrogen (secondary N) is 1. The first kappa shape index (κ1) is 25.0. The van der Waals surface area contributed by atoms with Crippen molar-refractivity contribution in [3.8, 4) is 17.7 Å². The molecule has 0 radical (unpaired) electrons. The van der Waals surface area contributed by atoms with Crippen LogP contribution in [0.25, 0.3) is 5.82 Å². The number of pyridine rings is 3. The van der Waals surface area contributed by atoms with Crippen LogP contribution < -0.4 is 16.4 Å². The van der Waals surface area contributed by atoms with Crippen LogP contribution in [0.5, 0.6) is 0 Å². The van der Waals surface area contributed by atoms with Crippen LogP contribution in [0.4, 0.5) is 18.9 Å². The first-order valence-electron chi connectivity index (χ1n) is 10.2. The van der Waals surface area contributed by atoms with Crippen molar-refractivity contribution in [3.63, 3.8) is 0 Å². The molecule has 0 aromatic carbocycles. The first-order chi connectivity index (χ1) is 17.2. The van der Waals surface area contributed by atoms with Crippen molar-refractivity contribution in [2.45, 2.75) is 13.0 Å². The molecule has 0 aliphatic rings. The lowest BCUT2D eigenvalue weighted by Crippen LogP contribution is -2.26. The zero-order valence-electron chi connectivity index (χ0n) is 18.0. The highest BCUT2D eigenvalue weighted by Gasteiger charge is 2.16. The lowest BCUT2D eigenvalue weighted by molar-refractivity contribution is 0.103. The predicted molar refractivity (Wildman–Crippen MR) is 130 cm³/mol. The molecule has 182 valence electrons.